The number of hydrogen-bond acceptors (Lipinski definition) is 21. The van der Waals surface area contributed by atoms with E-state index in [0.717, 1.165) is 18.2 Å². The number of para-hydroxylation sites is 1. The van der Waals surface area contributed by atoms with Gasteiger partial charge in [0.2, 0.25) is 53.2 Å². The zero-order chi connectivity index (χ0) is 74.7. The average molecular weight is 1400 g/mol. The van der Waals surface area contributed by atoms with Gasteiger partial charge in [0.1, 0.15) is 54.0 Å². The van der Waals surface area contributed by atoms with Crippen LogP contribution in [0.2, 0.25) is 0 Å². The van der Waals surface area contributed by atoms with Crippen LogP contribution >= 0.6 is 0 Å². The molecule has 0 unspecified atom stereocenters. The normalized spacial score (nSPS) is 13.2. The van der Waals surface area contributed by atoms with Crippen LogP contribution in [0.3, 0.4) is 0 Å². The van der Waals surface area contributed by atoms with Crippen molar-refractivity contribution < 1.29 is 101 Å². The molecule has 2 aromatic carbocycles. The summed E-state index contributed by atoms with van der Waals surface area (Å²) >= 11 is 0. The van der Waals surface area contributed by atoms with Gasteiger partial charge in [0.05, 0.1) is 34.3 Å². The molecule has 0 aliphatic heterocycles. The van der Waals surface area contributed by atoms with Crippen molar-refractivity contribution in [1.82, 2.24) is 47.9 Å². The van der Waals surface area contributed by atoms with E-state index in [9.17, 15) is 101 Å². The summed E-state index contributed by atoms with van der Waals surface area (Å²) in [5.41, 5.74) is 31.9. The minimum Gasteiger partial charge on any atom is -0.481 e. The Hall–Kier alpha value is -11.7. The van der Waals surface area contributed by atoms with Gasteiger partial charge in [0.25, 0.3) is 17.3 Å². The van der Waals surface area contributed by atoms with Crippen molar-refractivity contribution in [3.8, 4) is 0 Å². The van der Waals surface area contributed by atoms with Crippen LogP contribution in [0.1, 0.15) is 102 Å². The van der Waals surface area contributed by atoms with Crippen molar-refractivity contribution in [2.45, 2.75) is 146 Å². The van der Waals surface area contributed by atoms with Gasteiger partial charge in [-0.2, -0.15) is 13.2 Å². The minimum absolute atomic E-state index is 0.0571. The van der Waals surface area contributed by atoms with Crippen molar-refractivity contribution in [3.05, 3.63) is 68.3 Å². The summed E-state index contributed by atoms with van der Waals surface area (Å²) in [6, 6.07) is -4.20. The van der Waals surface area contributed by atoms with Crippen molar-refractivity contribution in [1.29, 1.82) is 0 Å². The second kappa shape index (κ2) is 41.9. The summed E-state index contributed by atoms with van der Waals surface area (Å²) in [5.74, 6) is -17.5. The minimum atomic E-state index is -5.08. The Bertz CT molecular complexity index is 3260. The molecule has 0 saturated heterocycles. The number of aliphatic carboxylic acids is 3. The number of carboxylic acid groups (broad SMARTS) is 3. The number of rotatable bonds is 41. The number of alkyl halides is 3. The molecule has 8 atom stereocenters. The fraction of sp³-hybridized carbons (Fsp3) is 0.509. The first-order chi connectivity index (χ1) is 45.7. The van der Waals surface area contributed by atoms with Gasteiger partial charge in [-0.3, -0.25) is 87.7 Å². The molecule has 43 heteroatoms. The number of hydrogen-bond donors (Lipinski definition) is 19. The van der Waals surface area contributed by atoms with E-state index in [0.29, 0.717) is 0 Å². The highest BCUT2D eigenvalue weighted by Gasteiger charge is 2.39. The predicted octanol–water partition coefficient (Wildman–Crippen LogP) is -3.76. The number of carbonyl (C=O) groups is 13. The first kappa shape index (κ1) is 84.3. The molecule has 0 aromatic heterocycles. The molecule has 0 heterocycles. The molecule has 0 fully saturated rings. The summed E-state index contributed by atoms with van der Waals surface area (Å²) in [4.78, 5) is 198. The van der Waals surface area contributed by atoms with Crippen molar-refractivity contribution in [2.24, 2.45) is 44.6 Å². The van der Waals surface area contributed by atoms with Crippen LogP contribution < -0.4 is 87.6 Å². The number of carbonyl (C=O) groups excluding carboxylic acids is 10. The summed E-state index contributed by atoms with van der Waals surface area (Å²) in [6.07, 6.45) is -8.95. The summed E-state index contributed by atoms with van der Waals surface area (Å²) in [6.45, 7) is 5.27. The molecule has 0 saturated carbocycles. The van der Waals surface area contributed by atoms with Gasteiger partial charge in [0, 0.05) is 44.4 Å². The van der Waals surface area contributed by atoms with Crippen molar-refractivity contribution >= 4 is 112 Å². The van der Waals surface area contributed by atoms with Gasteiger partial charge >= 0.3 is 24.1 Å². The predicted molar refractivity (Wildman–Crippen MR) is 339 cm³/mol. The van der Waals surface area contributed by atoms with Crippen LogP contribution in [0, 0.1) is 26.1 Å². The number of anilines is 2. The van der Waals surface area contributed by atoms with E-state index < -0.39 is 184 Å². The molecule has 0 aliphatic rings. The number of nitrogen functional groups attached to an aromatic ring is 1. The second-order valence-corrected chi connectivity index (χ2v) is 21.5. The largest absolute Gasteiger partial charge is 0.490 e. The molecular formula is C55H81F3N20O20. The van der Waals surface area contributed by atoms with Crippen LogP contribution in [0.5, 0.6) is 0 Å². The summed E-state index contributed by atoms with van der Waals surface area (Å²) < 4.78 is 31.7. The molecule has 10 amide bonds. The first-order valence-corrected chi connectivity index (χ1v) is 29.6. The molecule has 0 radical (unpaired) electrons. The molecule has 2 rings (SSSR count). The van der Waals surface area contributed by atoms with E-state index >= 15 is 0 Å². The molecule has 0 aliphatic carbocycles. The zero-order valence-corrected chi connectivity index (χ0v) is 53.3. The Labute approximate surface area is 555 Å². The molecule has 0 spiro atoms. The Morgan fingerprint density at radius 3 is 1.41 bits per heavy atom. The van der Waals surface area contributed by atoms with Crippen LogP contribution in [0.15, 0.2) is 52.4 Å². The number of non-ortho nitro benzene ring substituents is 1. The first-order valence-electron chi connectivity index (χ1n) is 29.6. The molecule has 40 nitrogen and oxygen atoms in total. The number of nitro groups is 2. The van der Waals surface area contributed by atoms with Crippen LogP contribution in [-0.4, -0.2) is 195 Å². The lowest BCUT2D eigenvalue weighted by Crippen LogP contribution is -2.60. The number of primary amides is 1. The number of nitrogens with zero attached hydrogens (tertiary/aromatic N) is 4. The van der Waals surface area contributed by atoms with Crippen LogP contribution in [0.4, 0.5) is 35.9 Å². The highest BCUT2D eigenvalue weighted by Crippen LogP contribution is 2.29. The lowest BCUT2D eigenvalue weighted by Gasteiger charge is -2.27. The summed E-state index contributed by atoms with van der Waals surface area (Å²) in [7, 11) is 0. The Morgan fingerprint density at radius 1 is 0.561 bits per heavy atom. The monoisotopic (exact) mass is 1400 g/mol. The molecule has 0 bridgehead atoms. The Morgan fingerprint density at radius 2 is 1.00 bits per heavy atom. The lowest BCUT2D eigenvalue weighted by molar-refractivity contribution is -0.393. The topological polar surface area (TPSA) is 670 Å². The zero-order valence-electron chi connectivity index (χ0n) is 53.3. The number of carboxylic acids is 3. The number of guanidine groups is 2. The number of benzene rings is 2. The van der Waals surface area contributed by atoms with Gasteiger partial charge in [-0.15, -0.1) is 0 Å². The third-order valence-corrected chi connectivity index (χ3v) is 13.3. The fourth-order valence-corrected chi connectivity index (χ4v) is 8.35. The second-order valence-electron chi connectivity index (χ2n) is 21.5. The highest BCUT2D eigenvalue weighted by molar-refractivity contribution is 6.03. The van der Waals surface area contributed by atoms with Crippen LogP contribution in [0.25, 0.3) is 0 Å². The molecule has 98 heavy (non-hydrogen) atoms. The van der Waals surface area contributed by atoms with Crippen molar-refractivity contribution in [3.63, 3.8) is 0 Å². The van der Waals surface area contributed by atoms with E-state index in [2.05, 4.69) is 63.2 Å². The standard InChI is InChI=1S/C53H80N20O18.C2HF3O2/c1-5-10-32(65-49(85)36(24-40(75)76)69-43(79)27(4)64-51(87)42(26(2)3)71-44(80)29-11-6-7-12-30(29)54)46(82)66-34(14-9-20-63-53(58)59)48(84)70-37(25-41(77)78)50(86)67-33(13-8-19-62-52(56)57)47(83)68-35(17-18-39(55)74)45(81)61-22-21-60-31-16-15-28(72(88)89)23-38(31)73(90)91;3-2(4,5)1(6)7/h6-7,11-12,15-16,23,26-27,32-37,42,60H,5,8-10,13-14,17-22,24-25,54H2,1-4H3,(H2,55,74)(H,61,81)(H,64,87)(H,65,85)(H,66,82)(H,67,86)(H,68,83)(H,69,79)(H,70,84)(H,71,80)(H,75,76)(H,77,78)(H4,56,57,62)(H4,58,59,63);(H,6,7)/t27-,32-,33-,34-,35-,36-,37-,42-;/m0./s1. The number of nitro benzene ring substituents is 2. The molecule has 25 N–H and O–H groups in total. The van der Waals surface area contributed by atoms with Gasteiger partial charge in [-0.1, -0.05) is 39.3 Å². The lowest BCUT2D eigenvalue weighted by atomic mass is 10.0. The molecule has 542 valence electrons. The van der Waals surface area contributed by atoms with Gasteiger partial charge in [-0.05, 0) is 69.6 Å². The van der Waals surface area contributed by atoms with E-state index in [4.69, 9.17) is 44.3 Å². The maximum Gasteiger partial charge on any atom is 0.490 e. The van der Waals surface area contributed by atoms with Gasteiger partial charge in [0.15, 0.2) is 11.9 Å². The van der Waals surface area contributed by atoms with E-state index in [-0.39, 0.29) is 93.6 Å². The number of amides is 10. The number of nitrogens with two attached hydrogens (primary N) is 6. The Balaban J connectivity index is 0.00000647. The highest BCUT2D eigenvalue weighted by atomic mass is 19.4. The maximum atomic E-state index is 14.2. The van der Waals surface area contributed by atoms with E-state index in [1.54, 1.807) is 32.9 Å². The molecular weight excluding hydrogens is 1320 g/mol. The van der Waals surface area contributed by atoms with Gasteiger partial charge < -0.3 is 103 Å². The molecule has 2 aromatic rings. The Kier molecular flexibility index (Phi) is 36.0. The van der Waals surface area contributed by atoms with Crippen LogP contribution in [-0.2, 0) is 57.5 Å². The van der Waals surface area contributed by atoms with Gasteiger partial charge in [-0.25, -0.2) is 4.79 Å². The third-order valence-electron chi connectivity index (χ3n) is 13.3. The smallest absolute Gasteiger partial charge is 0.481 e. The summed E-state index contributed by atoms with van der Waals surface area (Å²) in [5, 5.41) is 73.7. The van der Waals surface area contributed by atoms with Crippen molar-refractivity contribution in [2.75, 3.05) is 37.2 Å². The third kappa shape index (κ3) is 31.9. The number of halogens is 3. The fourth-order valence-electron chi connectivity index (χ4n) is 8.35. The average Bonchev–Trinajstić information content (AvgIpc) is 0.858. The van der Waals surface area contributed by atoms with E-state index in [1.807, 2.05) is 0 Å². The van der Waals surface area contributed by atoms with E-state index in [1.165, 1.54) is 19.1 Å². The number of nitrogens with one attached hydrogen (secondary N) is 10. The number of aliphatic imine (C=N–C) groups is 2. The quantitative estimate of drug-likeness (QED) is 0.00759. The maximum absolute atomic E-state index is 14.2. The SMILES string of the molecule is CCC[C@H](NC(=O)[C@H](CC(=O)O)NC(=O)[C@H](C)NC(=O)[C@@H](NC(=O)c1ccccc1N)C(C)C)C(=O)N[C@@H](CCCN=C(N)N)C(=O)N[C@@H](CC(=O)O)C(=O)N[C@@H](CCCN=C(N)N)C(=O)N[C@@H](CCC(N)=O)C(=O)NCCNc1ccc([N+](=O)[O-])cc1[N+](=O)[O-].O=C(O)C(F)(F)F.